The van der Waals surface area contributed by atoms with E-state index < -0.39 is 0 Å². The number of hydrogen-bond donors (Lipinski definition) is 1. The van der Waals surface area contributed by atoms with Crippen molar-refractivity contribution >= 4 is 34.2 Å². The van der Waals surface area contributed by atoms with Gasteiger partial charge in [-0.05, 0) is 25.3 Å². The third-order valence-electron chi connectivity index (χ3n) is 1.88. The summed E-state index contributed by atoms with van der Waals surface area (Å²) in [5.41, 5.74) is 0.785. The second-order valence-electron chi connectivity index (χ2n) is 2.86. The van der Waals surface area contributed by atoms with Gasteiger partial charge in [-0.2, -0.15) is 5.26 Å². The van der Waals surface area contributed by atoms with Gasteiger partial charge in [-0.25, -0.2) is 9.38 Å². The van der Waals surface area contributed by atoms with Gasteiger partial charge in [0, 0.05) is 5.56 Å². The number of benzene rings is 1. The highest BCUT2D eigenvalue weighted by Gasteiger charge is 2.08. The number of nitrogens with one attached hydrogen (secondary N) is 1. The molecule has 3 nitrogen and oxygen atoms in total. The van der Waals surface area contributed by atoms with Gasteiger partial charge in [0.2, 0.25) is 0 Å². The number of nitrogens with zero attached hydrogens (tertiary/aromatic N) is 2. The van der Waals surface area contributed by atoms with E-state index >= 15 is 0 Å². The summed E-state index contributed by atoms with van der Waals surface area (Å²) < 4.78 is 13.1. The molecule has 0 bridgehead atoms. The summed E-state index contributed by atoms with van der Waals surface area (Å²) in [6.45, 7) is 1.58. The third-order valence-corrected chi connectivity index (χ3v) is 2.94. The molecule has 1 N–H and O–H groups in total. The van der Waals surface area contributed by atoms with E-state index in [1.54, 1.807) is 19.4 Å². The lowest BCUT2D eigenvalue weighted by Gasteiger charge is -2.05. The molecule has 0 spiro atoms. The molecule has 1 aromatic rings. The molecule has 0 heterocycles. The lowest BCUT2D eigenvalue weighted by Crippen LogP contribution is -2.12. The number of rotatable bonds is 1. The van der Waals surface area contributed by atoms with Crippen molar-refractivity contribution in [3.63, 3.8) is 0 Å². The van der Waals surface area contributed by atoms with Crippen LogP contribution in [0.2, 0.25) is 5.02 Å². The molecule has 0 saturated carbocycles. The molecule has 0 amide bonds. The highest BCUT2D eigenvalue weighted by atomic mass is 35.5. The molecule has 0 aliphatic heterocycles. The van der Waals surface area contributed by atoms with Crippen LogP contribution in [0, 0.1) is 24.2 Å². The van der Waals surface area contributed by atoms with E-state index in [1.165, 1.54) is 23.9 Å². The van der Waals surface area contributed by atoms with Gasteiger partial charge in [-0.15, -0.1) is 0 Å². The number of hydrogen-bond acceptors (Lipinski definition) is 3. The van der Waals surface area contributed by atoms with Crippen molar-refractivity contribution in [3.05, 3.63) is 28.5 Å². The summed E-state index contributed by atoms with van der Waals surface area (Å²) in [6, 6.07) is 2.77. The molecule has 0 atom stereocenters. The lowest BCUT2D eigenvalue weighted by atomic mass is 10.2. The summed E-state index contributed by atoms with van der Waals surface area (Å²) in [5.74, 6) is -0.372. The van der Waals surface area contributed by atoms with Crippen molar-refractivity contribution in [2.75, 3.05) is 6.26 Å². The predicted molar refractivity (Wildman–Crippen MR) is 65.5 cm³/mol. The Balaban J connectivity index is 3.15. The van der Waals surface area contributed by atoms with Crippen LogP contribution in [0.5, 0.6) is 0 Å². The van der Waals surface area contributed by atoms with Crippen molar-refractivity contribution in [1.29, 1.82) is 5.26 Å². The fraction of sp³-hybridized carbons (Fsp3) is 0.200. The molecule has 1 rings (SSSR count). The Bertz CT molecular complexity index is 468. The van der Waals surface area contributed by atoms with E-state index in [9.17, 15) is 4.39 Å². The monoisotopic (exact) mass is 257 g/mol. The normalized spacial score (nSPS) is 11.1. The van der Waals surface area contributed by atoms with E-state index in [0.29, 0.717) is 16.4 Å². The molecule has 0 radical (unpaired) electrons. The van der Waals surface area contributed by atoms with Crippen LogP contribution < -0.4 is 5.32 Å². The minimum atomic E-state index is -0.372. The Morgan fingerprint density at radius 2 is 2.31 bits per heavy atom. The first kappa shape index (κ1) is 12.8. The first-order valence-corrected chi connectivity index (χ1v) is 5.92. The zero-order chi connectivity index (χ0) is 12.1. The van der Waals surface area contributed by atoms with E-state index in [1.807, 2.05) is 0 Å². The molecule has 0 fully saturated rings. The van der Waals surface area contributed by atoms with Crippen LogP contribution in [0.1, 0.15) is 5.56 Å². The quantitative estimate of drug-likeness (QED) is 0.364. The number of halogens is 2. The Hall–Kier alpha value is -1.25. The SMILES string of the molecule is CSC(=Nc1ccc(F)c(C)c1Cl)NC#N. The minimum Gasteiger partial charge on any atom is -0.271 e. The van der Waals surface area contributed by atoms with Crippen molar-refractivity contribution < 1.29 is 4.39 Å². The van der Waals surface area contributed by atoms with Crippen molar-refractivity contribution in [2.24, 2.45) is 4.99 Å². The van der Waals surface area contributed by atoms with Crippen LogP contribution in [0.15, 0.2) is 17.1 Å². The van der Waals surface area contributed by atoms with Gasteiger partial charge in [0.15, 0.2) is 11.4 Å². The number of amidine groups is 1. The van der Waals surface area contributed by atoms with Gasteiger partial charge in [-0.1, -0.05) is 23.4 Å². The molecule has 0 aliphatic carbocycles. The molecular formula is C10H9ClFN3S. The largest absolute Gasteiger partial charge is 0.271 e. The average molecular weight is 258 g/mol. The highest BCUT2D eigenvalue weighted by Crippen LogP contribution is 2.30. The molecule has 0 aliphatic rings. The summed E-state index contributed by atoms with van der Waals surface area (Å²) in [4.78, 5) is 4.12. The molecule has 1 aromatic carbocycles. The van der Waals surface area contributed by atoms with Gasteiger partial charge < -0.3 is 0 Å². The van der Waals surface area contributed by atoms with Crippen molar-refractivity contribution in [2.45, 2.75) is 6.92 Å². The Labute approximate surface area is 102 Å². The Kier molecular flexibility index (Phi) is 4.59. The summed E-state index contributed by atoms with van der Waals surface area (Å²) in [6.07, 6.45) is 3.54. The Morgan fingerprint density at radius 1 is 1.62 bits per heavy atom. The number of thioether (sulfide) groups is 1. The van der Waals surface area contributed by atoms with Crippen LogP contribution >= 0.6 is 23.4 Å². The first-order valence-electron chi connectivity index (χ1n) is 4.32. The fourth-order valence-corrected chi connectivity index (χ4v) is 1.55. The second kappa shape index (κ2) is 5.73. The maximum absolute atomic E-state index is 13.1. The number of aliphatic imine (C=N–C) groups is 1. The molecule has 84 valence electrons. The fourth-order valence-electron chi connectivity index (χ4n) is 1.02. The predicted octanol–water partition coefficient (Wildman–Crippen LogP) is 3.21. The van der Waals surface area contributed by atoms with E-state index in [-0.39, 0.29) is 10.8 Å². The summed E-state index contributed by atoms with van der Waals surface area (Å²) >= 11 is 7.20. The second-order valence-corrected chi connectivity index (χ2v) is 4.04. The van der Waals surface area contributed by atoms with Gasteiger partial charge in [0.25, 0.3) is 0 Å². The van der Waals surface area contributed by atoms with Gasteiger partial charge in [0.05, 0.1) is 10.7 Å². The third kappa shape index (κ3) is 2.87. The summed E-state index contributed by atoms with van der Waals surface area (Å²) in [7, 11) is 0. The van der Waals surface area contributed by atoms with Gasteiger partial charge in [-0.3, -0.25) is 5.32 Å². The van der Waals surface area contributed by atoms with Crippen LogP contribution in [-0.4, -0.2) is 11.4 Å². The average Bonchev–Trinajstić information content (AvgIpc) is 2.29. The maximum atomic E-state index is 13.1. The Morgan fingerprint density at radius 3 is 2.88 bits per heavy atom. The summed E-state index contributed by atoms with van der Waals surface area (Å²) in [5, 5.41) is 11.5. The lowest BCUT2D eigenvalue weighted by molar-refractivity contribution is 0.619. The van der Waals surface area contributed by atoms with Crippen LogP contribution in [0.4, 0.5) is 10.1 Å². The zero-order valence-electron chi connectivity index (χ0n) is 8.71. The molecular weight excluding hydrogens is 249 g/mol. The van der Waals surface area contributed by atoms with Crippen LogP contribution in [-0.2, 0) is 0 Å². The van der Waals surface area contributed by atoms with E-state index in [0.717, 1.165) is 0 Å². The molecule has 16 heavy (non-hydrogen) atoms. The van der Waals surface area contributed by atoms with E-state index in [2.05, 4.69) is 10.3 Å². The topological polar surface area (TPSA) is 48.2 Å². The van der Waals surface area contributed by atoms with Crippen LogP contribution in [0.3, 0.4) is 0 Å². The van der Waals surface area contributed by atoms with Crippen molar-refractivity contribution in [1.82, 2.24) is 5.32 Å². The molecule has 0 aromatic heterocycles. The molecule has 6 heteroatoms. The standard InChI is InChI=1S/C10H9ClFN3S/c1-6-7(12)3-4-8(9(6)11)15-10(16-2)14-5-13/h3-4H,1-2H3,(H,14,15). The van der Waals surface area contributed by atoms with E-state index in [4.69, 9.17) is 16.9 Å². The van der Waals surface area contributed by atoms with Crippen molar-refractivity contribution in [3.8, 4) is 6.19 Å². The molecule has 0 saturated heterocycles. The molecule has 0 unspecified atom stereocenters. The smallest absolute Gasteiger partial charge is 0.183 e. The van der Waals surface area contributed by atoms with Gasteiger partial charge in [0.1, 0.15) is 5.82 Å². The maximum Gasteiger partial charge on any atom is 0.183 e. The zero-order valence-corrected chi connectivity index (χ0v) is 10.3. The number of nitriles is 1. The minimum absolute atomic E-state index is 0.256. The van der Waals surface area contributed by atoms with Gasteiger partial charge >= 0.3 is 0 Å². The highest BCUT2D eigenvalue weighted by molar-refractivity contribution is 8.13. The first-order chi connectivity index (χ1) is 7.60. The van der Waals surface area contributed by atoms with Crippen LogP contribution in [0.25, 0.3) is 0 Å².